The molecule has 4 aromatic rings. The van der Waals surface area contributed by atoms with Gasteiger partial charge >= 0.3 is 0 Å². The highest BCUT2D eigenvalue weighted by atomic mass is 16.5. The van der Waals surface area contributed by atoms with Gasteiger partial charge in [0.2, 0.25) is 11.8 Å². The van der Waals surface area contributed by atoms with E-state index in [1.165, 1.54) is 99.7 Å². The second kappa shape index (κ2) is 24.6. The van der Waals surface area contributed by atoms with Crippen LogP contribution >= 0.6 is 0 Å². The summed E-state index contributed by atoms with van der Waals surface area (Å²) in [6, 6.07) is 29.2. The fraction of sp³-hybridized carbons (Fsp3) is 0.525. The third-order valence-corrected chi connectivity index (χ3v) is 17.1. The van der Waals surface area contributed by atoms with Gasteiger partial charge in [0.05, 0.1) is 31.0 Å². The zero-order chi connectivity index (χ0) is 54.0. The Morgan fingerprint density at radius 3 is 1.64 bits per heavy atom. The summed E-state index contributed by atoms with van der Waals surface area (Å²) < 4.78 is 5.29. The third-order valence-electron chi connectivity index (χ3n) is 17.1. The first-order chi connectivity index (χ1) is 36.5. The standard InChI is InChI=1S/C25H44N4O.C19H21N3O2.C17H18N4O/c1-29-23(30)25(28-24(29)26,16-15-19-9-4-2-5-10-19)18-20-11-8-14-22(17-20)27-21-12-6-3-7-13-21;1-19(12-17(23)22(2)18(20)21-19)15-8-4-6-13(10-15)14-7-5-9-16(11-14)24-3;1-17(10-15(22)21(2)16(18)20-17)14-7-3-5-12(9-14)13-6-4-8-19-11-13/h19-22,27H,2-18H2,1H3,(H2,26,28);4-11H,12H2,1-3H3,(H2,20,21);3-9,11H,10H2,1-2H3,(H2,18,20)/t20-,22+,25+;19-;17-/m000/s1. The molecule has 3 aliphatic heterocycles. The minimum absolute atomic E-state index is 0.0261. The van der Waals surface area contributed by atoms with Crippen LogP contribution in [0.15, 0.2) is 112 Å². The highest BCUT2D eigenvalue weighted by Gasteiger charge is 2.48. The molecule has 10 rings (SSSR count). The van der Waals surface area contributed by atoms with Crippen molar-refractivity contribution in [2.75, 3.05) is 28.3 Å². The number of rotatable bonds is 12. The molecule has 0 unspecified atom stereocenters. The highest BCUT2D eigenvalue weighted by Crippen LogP contribution is 2.42. The Morgan fingerprint density at radius 1 is 0.592 bits per heavy atom. The van der Waals surface area contributed by atoms with Crippen LogP contribution in [0, 0.1) is 11.8 Å². The molecule has 15 nitrogen and oxygen atoms in total. The molecule has 0 saturated heterocycles. The summed E-state index contributed by atoms with van der Waals surface area (Å²) in [5, 5.41) is 3.98. The summed E-state index contributed by atoms with van der Waals surface area (Å²) in [6.07, 6.45) is 25.7. The van der Waals surface area contributed by atoms with Gasteiger partial charge in [0, 0.05) is 45.6 Å². The van der Waals surface area contributed by atoms with Gasteiger partial charge in [-0.1, -0.05) is 119 Å². The molecule has 3 fully saturated rings. The average molecular weight is 1030 g/mol. The molecule has 1 aromatic heterocycles. The average Bonchev–Trinajstić information content (AvgIpc) is 3.70. The number of guanidine groups is 3. The second-order valence-corrected chi connectivity index (χ2v) is 22.7. The molecule has 7 N–H and O–H groups in total. The maximum atomic E-state index is 13.3. The van der Waals surface area contributed by atoms with Crippen LogP contribution in [0.25, 0.3) is 22.3 Å². The maximum absolute atomic E-state index is 13.3. The number of amides is 3. The van der Waals surface area contributed by atoms with E-state index in [-0.39, 0.29) is 29.6 Å². The van der Waals surface area contributed by atoms with Gasteiger partial charge in [-0.2, -0.15) is 0 Å². The number of carbonyl (C=O) groups excluding carboxylic acids is 3. The number of likely N-dealkylation sites (N-methyl/N-ethyl adjacent to an activating group) is 1. The van der Waals surface area contributed by atoms with Crippen molar-refractivity contribution in [3.05, 3.63) is 108 Å². The van der Waals surface area contributed by atoms with E-state index in [9.17, 15) is 14.4 Å². The van der Waals surface area contributed by atoms with Gasteiger partial charge in [-0.25, -0.2) is 15.0 Å². The molecule has 0 spiro atoms. The van der Waals surface area contributed by atoms with Gasteiger partial charge in [-0.3, -0.25) is 34.1 Å². The van der Waals surface area contributed by atoms with E-state index >= 15 is 0 Å². The minimum atomic E-state index is -0.650. The Labute approximate surface area is 451 Å². The monoisotopic (exact) mass is 1030 g/mol. The molecule has 3 aliphatic carbocycles. The van der Waals surface area contributed by atoms with Crippen molar-refractivity contribution in [1.82, 2.24) is 25.0 Å². The summed E-state index contributed by atoms with van der Waals surface area (Å²) in [5.74, 6) is 3.19. The fourth-order valence-corrected chi connectivity index (χ4v) is 12.3. The van der Waals surface area contributed by atoms with Crippen LogP contribution in [0.5, 0.6) is 5.75 Å². The summed E-state index contributed by atoms with van der Waals surface area (Å²) in [7, 11) is 6.75. The number of pyridine rings is 1. The highest BCUT2D eigenvalue weighted by molar-refractivity contribution is 6.06. The fourth-order valence-electron chi connectivity index (χ4n) is 12.3. The van der Waals surface area contributed by atoms with Crippen molar-refractivity contribution in [2.24, 2.45) is 44.0 Å². The SMILES string of the molecule is CN1C(=O)C[C@@](C)(c2cccc(-c3cccnc3)c2)N=C1N.CN1C(=O)[C@@](CCC2CCCCC2)(C[C@H]2CCC[C@@H](NC3CCCCC3)C2)N=C1N.COc1cccc(-c2cccc([C@]3(C)CC(=O)N(C)C(N)=N3)c2)c1. The van der Waals surface area contributed by atoms with Crippen molar-refractivity contribution in [3.8, 4) is 28.0 Å². The molecule has 3 saturated carbocycles. The van der Waals surface area contributed by atoms with Gasteiger partial charge < -0.3 is 27.3 Å². The van der Waals surface area contributed by atoms with Crippen LogP contribution in [0.4, 0.5) is 0 Å². The largest absolute Gasteiger partial charge is 0.497 e. The lowest BCUT2D eigenvalue weighted by atomic mass is 9.74. The number of methoxy groups -OCH3 is 1. The zero-order valence-corrected chi connectivity index (χ0v) is 46.0. The van der Waals surface area contributed by atoms with Crippen molar-refractivity contribution in [2.45, 2.75) is 165 Å². The maximum Gasteiger partial charge on any atom is 0.257 e. The van der Waals surface area contributed by atoms with Crippen molar-refractivity contribution < 1.29 is 19.1 Å². The minimum Gasteiger partial charge on any atom is -0.497 e. The number of carbonyl (C=O) groups is 3. The number of aliphatic imine (C=N–C) groups is 3. The summed E-state index contributed by atoms with van der Waals surface area (Å²) in [6.45, 7) is 3.88. The predicted octanol–water partition coefficient (Wildman–Crippen LogP) is 9.64. The van der Waals surface area contributed by atoms with E-state index in [1.807, 2.05) is 98.9 Å². The second-order valence-electron chi connectivity index (χ2n) is 22.7. The van der Waals surface area contributed by atoms with Gasteiger partial charge in [0.1, 0.15) is 11.3 Å². The van der Waals surface area contributed by atoms with Crippen molar-refractivity contribution >= 4 is 35.6 Å². The molecular weight excluding hydrogens is 951 g/mol. The van der Waals surface area contributed by atoms with Gasteiger partial charge in [-0.15, -0.1) is 0 Å². The van der Waals surface area contributed by atoms with Crippen molar-refractivity contribution in [1.29, 1.82) is 0 Å². The van der Waals surface area contributed by atoms with E-state index in [4.69, 9.17) is 26.9 Å². The Morgan fingerprint density at radius 2 is 1.11 bits per heavy atom. The van der Waals surface area contributed by atoms with Crippen LogP contribution in [0.3, 0.4) is 0 Å². The summed E-state index contributed by atoms with van der Waals surface area (Å²) in [4.78, 5) is 60.1. The van der Waals surface area contributed by atoms with Gasteiger partial charge in [-0.05, 0) is 134 Å². The Bertz CT molecular complexity index is 2750. The first kappa shape index (κ1) is 55.6. The molecule has 6 aliphatic rings. The normalized spacial score (nSPS) is 26.4. The van der Waals surface area contributed by atoms with Crippen LogP contribution in [0.2, 0.25) is 0 Å². The number of hydrogen-bond acceptors (Lipinski definition) is 12. The molecule has 4 heterocycles. The van der Waals surface area contributed by atoms with Crippen LogP contribution in [-0.4, -0.2) is 101 Å². The molecule has 5 atom stereocenters. The van der Waals surface area contributed by atoms with E-state index < -0.39 is 16.6 Å². The number of ether oxygens (including phenoxy) is 1. The molecule has 76 heavy (non-hydrogen) atoms. The number of nitrogens with one attached hydrogen (secondary N) is 1. The lowest BCUT2D eigenvalue weighted by Gasteiger charge is -2.37. The van der Waals surface area contributed by atoms with Crippen LogP contribution in [-0.2, 0) is 25.5 Å². The van der Waals surface area contributed by atoms with E-state index in [2.05, 4.69) is 26.4 Å². The quantitative estimate of drug-likeness (QED) is 0.106. The Balaban J connectivity index is 0.000000153. The predicted molar refractivity (Wildman–Crippen MR) is 304 cm³/mol. The van der Waals surface area contributed by atoms with Crippen LogP contribution in [0.1, 0.15) is 147 Å². The Kier molecular flexibility index (Phi) is 18.0. The zero-order valence-electron chi connectivity index (χ0n) is 46.0. The summed E-state index contributed by atoms with van der Waals surface area (Å²) >= 11 is 0. The molecular formula is C61H83N11O4. The topological polar surface area (TPSA) is 210 Å². The molecule has 0 bridgehead atoms. The molecule has 3 amide bonds. The lowest BCUT2D eigenvalue weighted by molar-refractivity contribution is -0.131. The first-order valence-corrected chi connectivity index (χ1v) is 27.9. The van der Waals surface area contributed by atoms with Crippen LogP contribution < -0.4 is 27.3 Å². The number of hydrogen-bond donors (Lipinski definition) is 4. The molecule has 0 radical (unpaired) electrons. The third kappa shape index (κ3) is 13.3. The van der Waals surface area contributed by atoms with E-state index in [0.717, 1.165) is 70.4 Å². The molecule has 3 aromatic carbocycles. The number of aromatic nitrogens is 1. The lowest BCUT2D eigenvalue weighted by Crippen LogP contribution is -2.47. The van der Waals surface area contributed by atoms with Gasteiger partial charge in [0.25, 0.3) is 5.91 Å². The smallest absolute Gasteiger partial charge is 0.257 e. The molecule has 406 valence electrons. The molecule has 15 heteroatoms. The van der Waals surface area contributed by atoms with Crippen molar-refractivity contribution in [3.63, 3.8) is 0 Å². The first-order valence-electron chi connectivity index (χ1n) is 27.9. The number of nitrogens with two attached hydrogens (primary N) is 3. The number of nitrogens with zero attached hydrogens (tertiary/aromatic N) is 7. The number of benzene rings is 3. The van der Waals surface area contributed by atoms with E-state index in [0.29, 0.717) is 30.8 Å². The van der Waals surface area contributed by atoms with E-state index in [1.54, 1.807) is 39.3 Å². The van der Waals surface area contributed by atoms with Gasteiger partial charge in [0.15, 0.2) is 17.9 Å². The summed E-state index contributed by atoms with van der Waals surface area (Å²) in [5.41, 5.74) is 22.2. The Hall–Kier alpha value is -6.61.